The SMILES string of the molecule is CN(C[C@@H]1C[C@@H](O)[C@H](n2ccc3c(N)ncnc32)O1)C1CC(CCc2nc3cc(Cl)c(C(F)(F)F)cc3[nH]2)C1. The summed E-state index contributed by atoms with van der Waals surface area (Å²) in [6.07, 6.45) is 1.54. The van der Waals surface area contributed by atoms with E-state index in [0.717, 1.165) is 30.7 Å². The highest BCUT2D eigenvalue weighted by Crippen LogP contribution is 2.38. The summed E-state index contributed by atoms with van der Waals surface area (Å²) in [7, 11) is 2.07. The van der Waals surface area contributed by atoms with Crippen LogP contribution in [0.15, 0.2) is 30.7 Å². The second-order valence-electron chi connectivity index (χ2n) is 10.7. The van der Waals surface area contributed by atoms with Crippen LogP contribution in [-0.4, -0.2) is 66.4 Å². The van der Waals surface area contributed by atoms with Crippen molar-refractivity contribution < 1.29 is 23.0 Å². The molecule has 0 spiro atoms. The number of imidazole rings is 1. The zero-order chi connectivity index (χ0) is 27.5. The topological polar surface area (TPSA) is 118 Å². The fourth-order valence-electron chi connectivity index (χ4n) is 5.82. The molecule has 1 saturated heterocycles. The number of H-pyrrole nitrogens is 1. The first-order valence-electron chi connectivity index (χ1n) is 12.9. The number of aliphatic hydroxyl groups excluding tert-OH is 1. The van der Waals surface area contributed by atoms with Crippen LogP contribution in [0.3, 0.4) is 0 Å². The Morgan fingerprint density at radius 2 is 2.05 bits per heavy atom. The average molecular weight is 564 g/mol. The molecule has 4 heterocycles. The number of benzene rings is 1. The summed E-state index contributed by atoms with van der Waals surface area (Å²) in [5.41, 5.74) is 6.49. The molecule has 0 radical (unpaired) electrons. The van der Waals surface area contributed by atoms with Gasteiger partial charge in [-0.1, -0.05) is 11.6 Å². The molecule has 1 aliphatic heterocycles. The molecule has 0 bridgehead atoms. The Bertz CT molecular complexity index is 1500. The van der Waals surface area contributed by atoms with Crippen molar-refractivity contribution in [1.82, 2.24) is 29.4 Å². The predicted octanol–water partition coefficient (Wildman–Crippen LogP) is 4.55. The number of alkyl halides is 3. The summed E-state index contributed by atoms with van der Waals surface area (Å²) in [6, 6.07) is 4.53. The molecule has 3 atom stereocenters. The normalized spacial score (nSPS) is 25.7. The molecular weight excluding hydrogens is 535 g/mol. The van der Waals surface area contributed by atoms with Crippen LogP contribution in [0.5, 0.6) is 0 Å². The lowest BCUT2D eigenvalue weighted by Crippen LogP contribution is -2.45. The third kappa shape index (κ3) is 5.06. The van der Waals surface area contributed by atoms with Crippen LogP contribution < -0.4 is 5.73 Å². The molecule has 1 saturated carbocycles. The molecular formula is C26H29ClF3N7O2. The summed E-state index contributed by atoms with van der Waals surface area (Å²) in [5.74, 6) is 1.57. The van der Waals surface area contributed by atoms with Gasteiger partial charge in [0.15, 0.2) is 6.23 Å². The summed E-state index contributed by atoms with van der Waals surface area (Å²) < 4.78 is 47.5. The van der Waals surface area contributed by atoms with Crippen molar-refractivity contribution in [2.45, 2.75) is 62.8 Å². The molecule has 39 heavy (non-hydrogen) atoms. The number of hydrogen-bond donors (Lipinski definition) is 3. The van der Waals surface area contributed by atoms with Crippen molar-refractivity contribution in [2.75, 3.05) is 19.3 Å². The number of nitrogens with two attached hydrogens (primary N) is 1. The molecule has 208 valence electrons. The van der Waals surface area contributed by atoms with Gasteiger partial charge in [-0.3, -0.25) is 0 Å². The van der Waals surface area contributed by atoms with E-state index in [1.807, 2.05) is 16.8 Å². The molecule has 2 aliphatic rings. The Labute approximate surface area is 227 Å². The highest BCUT2D eigenvalue weighted by molar-refractivity contribution is 6.32. The van der Waals surface area contributed by atoms with Gasteiger partial charge in [-0.15, -0.1) is 0 Å². The second kappa shape index (κ2) is 9.92. The molecule has 0 amide bonds. The number of fused-ring (bicyclic) bond motifs is 2. The van der Waals surface area contributed by atoms with Crippen LogP contribution >= 0.6 is 11.6 Å². The lowest BCUT2D eigenvalue weighted by atomic mass is 9.76. The number of nitrogen functional groups attached to an aromatic ring is 1. The van der Waals surface area contributed by atoms with E-state index >= 15 is 0 Å². The van der Waals surface area contributed by atoms with Gasteiger partial charge in [0.05, 0.1) is 33.1 Å². The van der Waals surface area contributed by atoms with E-state index in [2.05, 4.69) is 31.9 Å². The first kappa shape index (κ1) is 26.3. The first-order chi connectivity index (χ1) is 18.6. The van der Waals surface area contributed by atoms with E-state index in [0.29, 0.717) is 59.7 Å². The quantitative estimate of drug-likeness (QED) is 0.302. The van der Waals surface area contributed by atoms with Crippen LogP contribution in [-0.2, 0) is 17.3 Å². The number of nitrogens with zero attached hydrogens (tertiary/aromatic N) is 5. The van der Waals surface area contributed by atoms with Gasteiger partial charge in [-0.05, 0) is 50.4 Å². The molecule has 9 nitrogen and oxygen atoms in total. The number of halogens is 4. The van der Waals surface area contributed by atoms with Gasteiger partial charge in [0.25, 0.3) is 0 Å². The van der Waals surface area contributed by atoms with Crippen LogP contribution in [0, 0.1) is 5.92 Å². The van der Waals surface area contributed by atoms with Crippen molar-refractivity contribution >= 4 is 39.5 Å². The number of rotatable bonds is 7. The summed E-state index contributed by atoms with van der Waals surface area (Å²) in [5, 5.41) is 11.1. The Morgan fingerprint density at radius 3 is 2.82 bits per heavy atom. The maximum atomic E-state index is 13.1. The van der Waals surface area contributed by atoms with Gasteiger partial charge in [-0.25, -0.2) is 15.0 Å². The van der Waals surface area contributed by atoms with E-state index in [9.17, 15) is 18.3 Å². The number of aryl methyl sites for hydroxylation is 1. The van der Waals surface area contributed by atoms with Crippen LogP contribution in [0.4, 0.5) is 19.0 Å². The fourth-order valence-corrected chi connectivity index (χ4v) is 6.09. The number of hydrogen-bond acceptors (Lipinski definition) is 7. The first-order valence-corrected chi connectivity index (χ1v) is 13.3. The third-order valence-electron chi connectivity index (χ3n) is 8.02. The van der Waals surface area contributed by atoms with Gasteiger partial charge in [0, 0.05) is 31.6 Å². The number of aromatic nitrogens is 5. The highest BCUT2D eigenvalue weighted by atomic mass is 35.5. The van der Waals surface area contributed by atoms with Crippen molar-refractivity contribution in [3.8, 4) is 0 Å². The monoisotopic (exact) mass is 563 g/mol. The van der Waals surface area contributed by atoms with Crippen LogP contribution in [0.2, 0.25) is 5.02 Å². The number of aliphatic hydroxyl groups is 1. The maximum Gasteiger partial charge on any atom is 0.417 e. The molecule has 13 heteroatoms. The molecule has 3 aromatic heterocycles. The molecule has 6 rings (SSSR count). The van der Waals surface area contributed by atoms with E-state index in [1.54, 1.807) is 0 Å². The van der Waals surface area contributed by atoms with Crippen molar-refractivity contribution in [3.63, 3.8) is 0 Å². The molecule has 1 aromatic carbocycles. The molecule has 2 fully saturated rings. The molecule has 4 aromatic rings. The number of nitrogens with one attached hydrogen (secondary N) is 1. The van der Waals surface area contributed by atoms with Crippen molar-refractivity contribution in [3.05, 3.63) is 47.1 Å². The Balaban J connectivity index is 0.998. The predicted molar refractivity (Wildman–Crippen MR) is 140 cm³/mol. The van der Waals surface area contributed by atoms with Gasteiger partial charge < -0.3 is 30.0 Å². The van der Waals surface area contributed by atoms with Gasteiger partial charge >= 0.3 is 6.18 Å². The van der Waals surface area contributed by atoms with E-state index in [4.69, 9.17) is 22.1 Å². The zero-order valence-electron chi connectivity index (χ0n) is 21.2. The summed E-state index contributed by atoms with van der Waals surface area (Å²) in [6.45, 7) is 0.702. The van der Waals surface area contributed by atoms with Crippen molar-refractivity contribution in [2.24, 2.45) is 5.92 Å². The average Bonchev–Trinajstić information content (AvgIpc) is 3.53. The van der Waals surface area contributed by atoms with E-state index in [-0.39, 0.29) is 11.1 Å². The number of ether oxygens (including phenoxy) is 1. The smallest absolute Gasteiger partial charge is 0.388 e. The third-order valence-corrected chi connectivity index (χ3v) is 8.33. The Hall–Kier alpha value is -2.93. The van der Waals surface area contributed by atoms with Crippen LogP contribution in [0.1, 0.15) is 43.3 Å². The molecule has 0 unspecified atom stereocenters. The Morgan fingerprint density at radius 1 is 1.26 bits per heavy atom. The fraction of sp³-hybridized carbons (Fsp3) is 0.500. The molecule has 1 aliphatic carbocycles. The number of aromatic amines is 1. The second-order valence-corrected chi connectivity index (χ2v) is 11.1. The van der Waals surface area contributed by atoms with Gasteiger partial charge in [-0.2, -0.15) is 13.2 Å². The zero-order valence-corrected chi connectivity index (χ0v) is 22.0. The number of anilines is 1. The number of likely N-dealkylation sites (N-methyl/N-ethyl adjacent to an activating group) is 1. The lowest BCUT2D eigenvalue weighted by molar-refractivity contribution is -0.137. The highest BCUT2D eigenvalue weighted by Gasteiger charge is 2.39. The van der Waals surface area contributed by atoms with E-state index in [1.165, 1.54) is 12.4 Å². The van der Waals surface area contributed by atoms with Gasteiger partial charge in [0.1, 0.15) is 29.7 Å². The van der Waals surface area contributed by atoms with Gasteiger partial charge in [0.2, 0.25) is 0 Å². The standard InChI is InChI=1S/C26H29ClF3N7O2/c1-36(11-15-8-21(38)25(39-15)37-5-4-16-23(31)32-12-33-24(16)37)14-6-13(7-14)2-3-22-34-19-9-17(26(28,29)30)18(27)10-20(19)35-22/h4-5,9-10,12-15,21,25,38H,2-3,6-8,11H2,1H3,(H,34,35)(H2,31,32,33)/t13?,14?,15-,21+,25+/m0/s1. The summed E-state index contributed by atoms with van der Waals surface area (Å²) in [4.78, 5) is 18.1. The minimum Gasteiger partial charge on any atom is -0.388 e. The minimum absolute atomic E-state index is 0.116. The molecule has 4 N–H and O–H groups in total. The van der Waals surface area contributed by atoms with E-state index < -0.39 is 24.1 Å². The van der Waals surface area contributed by atoms with Crippen LogP contribution in [0.25, 0.3) is 22.1 Å². The summed E-state index contributed by atoms with van der Waals surface area (Å²) >= 11 is 5.82. The Kier molecular flexibility index (Phi) is 6.69. The van der Waals surface area contributed by atoms with Crippen molar-refractivity contribution in [1.29, 1.82) is 0 Å². The lowest BCUT2D eigenvalue weighted by Gasteiger charge is -2.42. The maximum absolute atomic E-state index is 13.1. The largest absolute Gasteiger partial charge is 0.417 e. The minimum atomic E-state index is -4.51.